The van der Waals surface area contributed by atoms with Crippen LogP contribution in [0.25, 0.3) is 10.6 Å². The van der Waals surface area contributed by atoms with Crippen molar-refractivity contribution in [2.75, 3.05) is 0 Å². The summed E-state index contributed by atoms with van der Waals surface area (Å²) in [5.41, 5.74) is -1.97. The number of alkyl halides is 3. The number of rotatable bonds is 3. The minimum Gasteiger partial charge on any atom is -0.380 e. The second-order valence-corrected chi connectivity index (χ2v) is 6.74. The first-order valence-corrected chi connectivity index (χ1v) is 8.26. The maximum absolute atomic E-state index is 13.1. The van der Waals surface area contributed by atoms with Crippen molar-refractivity contribution in [3.8, 4) is 16.6 Å². The van der Waals surface area contributed by atoms with Gasteiger partial charge in [-0.15, -0.1) is 11.3 Å². The summed E-state index contributed by atoms with van der Waals surface area (Å²) >= 11 is 1.09. The van der Waals surface area contributed by atoms with Gasteiger partial charge in [0.15, 0.2) is 0 Å². The Bertz CT molecular complexity index is 975. The number of aromatic nitrogens is 2. The molecule has 3 aromatic rings. The van der Waals surface area contributed by atoms with E-state index in [1.165, 1.54) is 12.3 Å². The first kappa shape index (κ1) is 18.0. The molecule has 0 aliphatic rings. The lowest BCUT2D eigenvalue weighted by Crippen LogP contribution is -2.21. The summed E-state index contributed by atoms with van der Waals surface area (Å²) in [5, 5.41) is 20.0. The molecule has 8 heteroatoms. The molecule has 1 aromatic carbocycles. The van der Waals surface area contributed by atoms with Gasteiger partial charge in [-0.2, -0.15) is 18.4 Å². The fourth-order valence-corrected chi connectivity index (χ4v) is 3.44. The van der Waals surface area contributed by atoms with Crippen LogP contribution in [-0.2, 0) is 11.8 Å². The molecule has 0 saturated heterocycles. The number of thiazole rings is 1. The van der Waals surface area contributed by atoms with E-state index in [1.807, 2.05) is 0 Å². The van der Waals surface area contributed by atoms with E-state index in [2.05, 4.69) is 9.97 Å². The summed E-state index contributed by atoms with van der Waals surface area (Å²) in [7, 11) is 0. The van der Waals surface area contributed by atoms with Gasteiger partial charge in [0, 0.05) is 24.2 Å². The largest absolute Gasteiger partial charge is 0.417 e. The van der Waals surface area contributed by atoms with E-state index in [0.29, 0.717) is 15.4 Å². The number of halogens is 3. The Morgan fingerprint density at radius 1 is 1.15 bits per heavy atom. The zero-order valence-electron chi connectivity index (χ0n) is 13.4. The molecule has 2 heterocycles. The molecule has 132 valence electrons. The Morgan fingerprint density at radius 3 is 2.46 bits per heavy atom. The zero-order chi connectivity index (χ0) is 18.9. The molecule has 1 unspecified atom stereocenters. The zero-order valence-corrected chi connectivity index (χ0v) is 14.3. The molecule has 1 atom stereocenters. The lowest BCUT2D eigenvalue weighted by Gasteiger charge is -2.21. The molecule has 1 N–H and O–H groups in total. The third-order valence-electron chi connectivity index (χ3n) is 3.92. The third kappa shape index (κ3) is 3.31. The molecule has 26 heavy (non-hydrogen) atoms. The second-order valence-electron chi connectivity index (χ2n) is 5.71. The van der Waals surface area contributed by atoms with Crippen LogP contribution < -0.4 is 0 Å². The van der Waals surface area contributed by atoms with Gasteiger partial charge in [0.2, 0.25) is 0 Å². The van der Waals surface area contributed by atoms with Crippen molar-refractivity contribution in [2.45, 2.75) is 18.7 Å². The molecule has 0 saturated carbocycles. The topological polar surface area (TPSA) is 69.8 Å². The maximum atomic E-state index is 13.1. The molecule has 4 nitrogen and oxygen atoms in total. The summed E-state index contributed by atoms with van der Waals surface area (Å²) in [6.07, 6.45) is -0.112. The van der Waals surface area contributed by atoms with Crippen molar-refractivity contribution in [3.63, 3.8) is 0 Å². The van der Waals surface area contributed by atoms with E-state index in [1.54, 1.807) is 37.5 Å². The third-order valence-corrected chi connectivity index (χ3v) is 5.18. The van der Waals surface area contributed by atoms with Gasteiger partial charge in [0.1, 0.15) is 10.6 Å². The van der Waals surface area contributed by atoms with Crippen LogP contribution >= 0.6 is 11.3 Å². The lowest BCUT2D eigenvalue weighted by atomic mass is 9.96. The monoisotopic (exact) mass is 375 g/mol. The van der Waals surface area contributed by atoms with Gasteiger partial charge in [-0.3, -0.25) is 4.98 Å². The number of nitriles is 1. The quantitative estimate of drug-likeness (QED) is 0.739. The maximum Gasteiger partial charge on any atom is 0.417 e. The molecule has 0 fully saturated rings. The fourth-order valence-electron chi connectivity index (χ4n) is 2.46. The van der Waals surface area contributed by atoms with Crippen LogP contribution in [-0.4, -0.2) is 15.1 Å². The fraction of sp³-hybridized carbons (Fsp3) is 0.167. The van der Waals surface area contributed by atoms with Crippen LogP contribution in [0.3, 0.4) is 0 Å². The number of aliphatic hydroxyl groups is 1. The minimum absolute atomic E-state index is 0.234. The normalized spacial score (nSPS) is 13.8. The minimum atomic E-state index is -4.64. The van der Waals surface area contributed by atoms with E-state index in [4.69, 9.17) is 5.26 Å². The predicted molar refractivity (Wildman–Crippen MR) is 90.2 cm³/mol. The van der Waals surface area contributed by atoms with Crippen molar-refractivity contribution in [3.05, 3.63) is 70.5 Å². The highest BCUT2D eigenvalue weighted by molar-refractivity contribution is 7.15. The highest BCUT2D eigenvalue weighted by Gasteiger charge is 2.34. The number of nitrogens with zero attached hydrogens (tertiary/aromatic N) is 3. The molecule has 0 aliphatic carbocycles. The van der Waals surface area contributed by atoms with Crippen molar-refractivity contribution in [1.29, 1.82) is 5.26 Å². The SMILES string of the molecule is CC(O)(c1ccncc1)c1cnc(-c2ccc(C#N)c(C(F)(F)F)c2)s1. The van der Waals surface area contributed by atoms with E-state index in [0.717, 1.165) is 23.5 Å². The number of hydrogen-bond acceptors (Lipinski definition) is 5. The standard InChI is InChI=1S/C18H12F3N3OS/c1-17(25,13-4-6-23-7-5-13)15-10-24-16(26-15)11-2-3-12(9-22)14(8-11)18(19,20)21/h2-8,10,25H,1H3. The Kier molecular flexibility index (Phi) is 4.52. The first-order valence-electron chi connectivity index (χ1n) is 7.44. The summed E-state index contributed by atoms with van der Waals surface area (Å²) in [6, 6.07) is 8.30. The smallest absolute Gasteiger partial charge is 0.380 e. The summed E-state index contributed by atoms with van der Waals surface area (Å²) < 4.78 is 39.4. The van der Waals surface area contributed by atoms with Gasteiger partial charge in [-0.1, -0.05) is 6.07 Å². The van der Waals surface area contributed by atoms with Crippen molar-refractivity contribution in [1.82, 2.24) is 9.97 Å². The molecular weight excluding hydrogens is 363 g/mol. The molecule has 3 rings (SSSR count). The number of pyridine rings is 1. The van der Waals surface area contributed by atoms with Crippen LogP contribution in [0.5, 0.6) is 0 Å². The second kappa shape index (κ2) is 6.52. The van der Waals surface area contributed by atoms with Crippen molar-refractivity contribution >= 4 is 11.3 Å². The van der Waals surface area contributed by atoms with Gasteiger partial charge in [0.25, 0.3) is 0 Å². The highest BCUT2D eigenvalue weighted by atomic mass is 32.1. The summed E-state index contributed by atoms with van der Waals surface area (Å²) in [5.74, 6) is 0. The summed E-state index contributed by atoms with van der Waals surface area (Å²) in [6.45, 7) is 1.58. The van der Waals surface area contributed by atoms with Crippen LogP contribution in [0, 0.1) is 11.3 Å². The first-order chi connectivity index (χ1) is 12.2. The van der Waals surface area contributed by atoms with E-state index in [9.17, 15) is 18.3 Å². The van der Waals surface area contributed by atoms with Crippen LogP contribution in [0.1, 0.15) is 28.5 Å². The Balaban J connectivity index is 2.02. The van der Waals surface area contributed by atoms with Crippen LogP contribution in [0.2, 0.25) is 0 Å². The molecular formula is C18H12F3N3OS. The Hall–Kier alpha value is -2.76. The van der Waals surface area contributed by atoms with Gasteiger partial charge < -0.3 is 5.11 Å². The van der Waals surface area contributed by atoms with Crippen LogP contribution in [0.4, 0.5) is 13.2 Å². The average molecular weight is 375 g/mol. The van der Waals surface area contributed by atoms with Gasteiger partial charge in [-0.25, -0.2) is 4.98 Å². The van der Waals surface area contributed by atoms with Crippen molar-refractivity contribution in [2.24, 2.45) is 0 Å². The van der Waals surface area contributed by atoms with Gasteiger partial charge in [0.05, 0.1) is 22.1 Å². The molecule has 0 amide bonds. The molecule has 0 spiro atoms. The average Bonchev–Trinajstić information content (AvgIpc) is 3.12. The van der Waals surface area contributed by atoms with Crippen molar-refractivity contribution < 1.29 is 18.3 Å². The number of hydrogen-bond donors (Lipinski definition) is 1. The van der Waals surface area contributed by atoms with E-state index in [-0.39, 0.29) is 5.56 Å². The molecule has 0 aliphatic heterocycles. The lowest BCUT2D eigenvalue weighted by molar-refractivity contribution is -0.137. The predicted octanol–water partition coefficient (Wildman–Crippen LogP) is 4.35. The Labute approximate surface area is 151 Å². The molecule has 0 radical (unpaired) electrons. The van der Waals surface area contributed by atoms with E-state index < -0.39 is 22.9 Å². The van der Waals surface area contributed by atoms with E-state index >= 15 is 0 Å². The highest BCUT2D eigenvalue weighted by Crippen LogP contribution is 2.38. The summed E-state index contributed by atoms with van der Waals surface area (Å²) in [4.78, 5) is 8.53. The molecule has 0 bridgehead atoms. The van der Waals surface area contributed by atoms with Crippen LogP contribution in [0.15, 0.2) is 48.9 Å². The number of benzene rings is 1. The Morgan fingerprint density at radius 2 is 1.85 bits per heavy atom. The van der Waals surface area contributed by atoms with Gasteiger partial charge in [-0.05, 0) is 36.8 Å². The molecule has 2 aromatic heterocycles. The van der Waals surface area contributed by atoms with Gasteiger partial charge >= 0.3 is 6.18 Å².